The van der Waals surface area contributed by atoms with Gasteiger partial charge in [0, 0.05) is 6.42 Å². The van der Waals surface area contributed by atoms with Gasteiger partial charge in [-0.2, -0.15) is 0 Å². The van der Waals surface area contributed by atoms with Crippen molar-refractivity contribution in [3.05, 3.63) is 11.6 Å². The van der Waals surface area contributed by atoms with E-state index in [0.29, 0.717) is 11.7 Å². The summed E-state index contributed by atoms with van der Waals surface area (Å²) in [7, 11) is 0. The van der Waals surface area contributed by atoms with Crippen molar-refractivity contribution in [2.24, 2.45) is 11.8 Å². The first kappa shape index (κ1) is 8.03. The molecule has 2 atom stereocenters. The number of ketones is 1. The van der Waals surface area contributed by atoms with Crippen molar-refractivity contribution in [3.63, 3.8) is 0 Å². The second-order valence-corrected chi connectivity index (χ2v) is 3.99. The lowest BCUT2D eigenvalue weighted by Crippen LogP contribution is -2.00. The lowest BCUT2D eigenvalue weighted by atomic mass is 9.96. The van der Waals surface area contributed by atoms with E-state index in [-0.39, 0.29) is 0 Å². The molecule has 12 heavy (non-hydrogen) atoms. The summed E-state index contributed by atoms with van der Waals surface area (Å²) in [5.41, 5.74) is 1.17. The van der Waals surface area contributed by atoms with Gasteiger partial charge >= 0.3 is 0 Å². The van der Waals surface area contributed by atoms with E-state index >= 15 is 0 Å². The minimum Gasteiger partial charge on any atom is -0.295 e. The van der Waals surface area contributed by atoms with Crippen LogP contribution in [0.2, 0.25) is 0 Å². The summed E-state index contributed by atoms with van der Waals surface area (Å²) in [5.74, 6) is 1.80. The van der Waals surface area contributed by atoms with Gasteiger partial charge in [0.05, 0.1) is 0 Å². The van der Waals surface area contributed by atoms with Crippen LogP contribution < -0.4 is 0 Å². The molecule has 0 heterocycles. The molecule has 0 aromatic rings. The summed E-state index contributed by atoms with van der Waals surface area (Å²) in [6.45, 7) is 2.11. The fourth-order valence-corrected chi connectivity index (χ4v) is 2.74. The van der Waals surface area contributed by atoms with Crippen LogP contribution in [0.1, 0.15) is 39.0 Å². The normalized spacial score (nSPS) is 37.8. The predicted molar refractivity (Wildman–Crippen MR) is 48.8 cm³/mol. The molecular weight excluding hydrogens is 148 g/mol. The van der Waals surface area contributed by atoms with Gasteiger partial charge in [0.2, 0.25) is 0 Å². The molecule has 1 heteroatoms. The predicted octanol–water partition coefficient (Wildman–Crippen LogP) is 2.71. The Morgan fingerprint density at radius 1 is 1.50 bits per heavy atom. The van der Waals surface area contributed by atoms with Crippen LogP contribution >= 0.6 is 0 Å². The van der Waals surface area contributed by atoms with Crippen molar-refractivity contribution >= 4 is 5.78 Å². The molecule has 2 rings (SSSR count). The van der Waals surface area contributed by atoms with Crippen LogP contribution in [0.4, 0.5) is 0 Å². The summed E-state index contributed by atoms with van der Waals surface area (Å²) in [4.78, 5) is 11.5. The third-order valence-electron chi connectivity index (χ3n) is 3.25. The molecule has 0 saturated heterocycles. The Labute approximate surface area is 73.8 Å². The van der Waals surface area contributed by atoms with Crippen LogP contribution in [-0.4, -0.2) is 5.78 Å². The maximum Gasteiger partial charge on any atom is 0.159 e. The maximum atomic E-state index is 11.5. The van der Waals surface area contributed by atoms with Gasteiger partial charge in [-0.05, 0) is 36.7 Å². The largest absolute Gasteiger partial charge is 0.295 e. The van der Waals surface area contributed by atoms with E-state index in [2.05, 4.69) is 13.0 Å². The van der Waals surface area contributed by atoms with E-state index in [0.717, 1.165) is 18.8 Å². The number of allylic oxidation sites excluding steroid dienone is 2. The number of carbonyl (C=O) groups excluding carboxylic acids is 1. The van der Waals surface area contributed by atoms with Gasteiger partial charge in [-0.15, -0.1) is 0 Å². The van der Waals surface area contributed by atoms with Crippen LogP contribution in [0, 0.1) is 11.8 Å². The Hall–Kier alpha value is -0.590. The molecular formula is C11H16O. The molecule has 2 fully saturated rings. The lowest BCUT2D eigenvalue weighted by Gasteiger charge is -2.07. The van der Waals surface area contributed by atoms with Crippen LogP contribution in [0.15, 0.2) is 11.6 Å². The molecule has 1 nitrogen and oxygen atoms in total. The molecule has 2 saturated carbocycles. The molecule has 0 unspecified atom stereocenters. The van der Waals surface area contributed by atoms with Gasteiger partial charge < -0.3 is 0 Å². The molecule has 0 radical (unpaired) electrons. The summed E-state index contributed by atoms with van der Waals surface area (Å²) >= 11 is 0. The summed E-state index contributed by atoms with van der Waals surface area (Å²) in [6, 6.07) is 0. The van der Waals surface area contributed by atoms with Crippen LogP contribution in [-0.2, 0) is 4.79 Å². The first-order chi connectivity index (χ1) is 5.83. The van der Waals surface area contributed by atoms with Gasteiger partial charge in [0.25, 0.3) is 0 Å². The van der Waals surface area contributed by atoms with Gasteiger partial charge in [-0.25, -0.2) is 0 Å². The zero-order valence-electron chi connectivity index (χ0n) is 7.68. The second-order valence-electron chi connectivity index (χ2n) is 3.99. The Morgan fingerprint density at radius 3 is 3.08 bits per heavy atom. The van der Waals surface area contributed by atoms with Gasteiger partial charge in [-0.3, -0.25) is 4.79 Å². The quantitative estimate of drug-likeness (QED) is 0.544. The van der Waals surface area contributed by atoms with Gasteiger partial charge in [0.15, 0.2) is 5.78 Å². The fraction of sp³-hybridized carbons (Fsp3) is 0.727. The lowest BCUT2D eigenvalue weighted by molar-refractivity contribution is -0.114. The molecule has 0 N–H and O–H groups in total. The Kier molecular flexibility index (Phi) is 2.03. The molecule has 0 aliphatic heterocycles. The zero-order valence-corrected chi connectivity index (χ0v) is 7.68. The van der Waals surface area contributed by atoms with Gasteiger partial charge in [0.1, 0.15) is 0 Å². The monoisotopic (exact) mass is 164 g/mol. The van der Waals surface area contributed by atoms with Crippen molar-refractivity contribution in [2.45, 2.75) is 39.0 Å². The first-order valence-electron chi connectivity index (χ1n) is 5.06. The highest BCUT2D eigenvalue weighted by Crippen LogP contribution is 2.45. The van der Waals surface area contributed by atoms with Crippen molar-refractivity contribution in [1.29, 1.82) is 0 Å². The molecule has 66 valence electrons. The average molecular weight is 164 g/mol. The average Bonchev–Trinajstić information content (AvgIpc) is 2.56. The fourth-order valence-electron chi connectivity index (χ4n) is 2.74. The first-order valence-corrected chi connectivity index (χ1v) is 5.06. The topological polar surface area (TPSA) is 17.1 Å². The SMILES string of the molecule is CC/C=C1\C(=O)C[C@@H]2CCC[C@H]12. The van der Waals surface area contributed by atoms with E-state index in [4.69, 9.17) is 0 Å². The van der Waals surface area contributed by atoms with E-state index in [1.807, 2.05) is 0 Å². The second kappa shape index (κ2) is 3.04. The maximum absolute atomic E-state index is 11.5. The molecule has 0 aromatic heterocycles. The zero-order chi connectivity index (χ0) is 8.55. The molecule has 2 aliphatic carbocycles. The third kappa shape index (κ3) is 1.12. The highest BCUT2D eigenvalue weighted by molar-refractivity contribution is 5.98. The van der Waals surface area contributed by atoms with E-state index in [1.165, 1.54) is 24.8 Å². The van der Waals surface area contributed by atoms with Crippen molar-refractivity contribution < 1.29 is 4.79 Å². The van der Waals surface area contributed by atoms with Gasteiger partial charge in [-0.1, -0.05) is 19.4 Å². The third-order valence-corrected chi connectivity index (χ3v) is 3.25. The number of hydrogen-bond donors (Lipinski definition) is 0. The van der Waals surface area contributed by atoms with Crippen molar-refractivity contribution in [1.82, 2.24) is 0 Å². The summed E-state index contributed by atoms with van der Waals surface area (Å²) < 4.78 is 0. The molecule has 0 aromatic carbocycles. The van der Waals surface area contributed by atoms with Crippen molar-refractivity contribution in [2.75, 3.05) is 0 Å². The van der Waals surface area contributed by atoms with E-state index in [1.54, 1.807) is 0 Å². The number of carbonyl (C=O) groups is 1. The highest BCUT2D eigenvalue weighted by atomic mass is 16.1. The number of rotatable bonds is 1. The van der Waals surface area contributed by atoms with Crippen LogP contribution in [0.5, 0.6) is 0 Å². The van der Waals surface area contributed by atoms with Crippen LogP contribution in [0.25, 0.3) is 0 Å². The minimum atomic E-state index is 0.437. The molecule has 0 amide bonds. The Bertz CT molecular complexity index is 227. The van der Waals surface area contributed by atoms with Crippen molar-refractivity contribution in [3.8, 4) is 0 Å². The summed E-state index contributed by atoms with van der Waals surface area (Å²) in [6.07, 6.45) is 7.91. The number of fused-ring (bicyclic) bond motifs is 1. The Morgan fingerprint density at radius 2 is 2.33 bits per heavy atom. The van der Waals surface area contributed by atoms with E-state index in [9.17, 15) is 4.79 Å². The van der Waals surface area contributed by atoms with E-state index < -0.39 is 0 Å². The number of hydrogen-bond acceptors (Lipinski definition) is 1. The standard InChI is InChI=1S/C11H16O/c1-2-4-10-9-6-3-5-8(9)7-11(10)12/h4,8-9H,2-3,5-7H2,1H3/b10-4-/t8-,9-/m0/s1. The number of Topliss-reactive ketones (excluding diaryl/α,β-unsaturated/α-hetero) is 1. The molecule has 0 bridgehead atoms. The molecule has 2 aliphatic rings. The minimum absolute atomic E-state index is 0.437. The van der Waals surface area contributed by atoms with Crippen LogP contribution in [0.3, 0.4) is 0 Å². The summed E-state index contributed by atoms with van der Waals surface area (Å²) in [5, 5.41) is 0. The molecule has 0 spiro atoms. The Balaban J connectivity index is 2.21. The smallest absolute Gasteiger partial charge is 0.159 e. The highest BCUT2D eigenvalue weighted by Gasteiger charge is 2.39.